The van der Waals surface area contributed by atoms with Crippen molar-refractivity contribution in [2.24, 2.45) is 0 Å². The second kappa shape index (κ2) is 7.29. The fourth-order valence-corrected chi connectivity index (χ4v) is 2.77. The van der Waals surface area contributed by atoms with Crippen molar-refractivity contribution in [3.05, 3.63) is 59.7 Å². The van der Waals surface area contributed by atoms with Gasteiger partial charge in [-0.15, -0.1) is 0 Å². The van der Waals surface area contributed by atoms with Gasteiger partial charge < -0.3 is 19.9 Å². The van der Waals surface area contributed by atoms with Gasteiger partial charge in [0.15, 0.2) is 0 Å². The first-order valence-electron chi connectivity index (χ1n) is 8.00. The van der Waals surface area contributed by atoms with Crippen LogP contribution in [-0.2, 0) is 6.61 Å². The third-order valence-corrected chi connectivity index (χ3v) is 4.21. The molecule has 0 amide bonds. The molecular formula is C19H23N3O. The number of benzene rings is 2. The highest BCUT2D eigenvalue weighted by molar-refractivity contribution is 5.77. The lowest BCUT2D eigenvalue weighted by molar-refractivity contribution is 0.304. The van der Waals surface area contributed by atoms with Crippen molar-refractivity contribution in [3.63, 3.8) is 0 Å². The van der Waals surface area contributed by atoms with E-state index >= 15 is 0 Å². The van der Waals surface area contributed by atoms with E-state index in [1.807, 2.05) is 30.3 Å². The number of likely N-dealkylation sites (N-methyl/N-ethyl adjacent to an activating group) is 1. The number of nitrogens with zero attached hydrogens (tertiary/aromatic N) is 2. The highest BCUT2D eigenvalue weighted by Crippen LogP contribution is 2.23. The zero-order valence-corrected chi connectivity index (χ0v) is 13.5. The number of nitrogens with one attached hydrogen (secondary N) is 1. The summed E-state index contributed by atoms with van der Waals surface area (Å²) in [5.74, 6) is 0.890. The summed E-state index contributed by atoms with van der Waals surface area (Å²) in [7, 11) is 2.17. The molecule has 120 valence electrons. The van der Waals surface area contributed by atoms with Crippen molar-refractivity contribution in [2.45, 2.75) is 6.61 Å². The molecule has 1 aliphatic heterocycles. The minimum atomic E-state index is 0.522. The SMILES string of the molecule is CN1CCN(c2cccc(OCc3cccc(C=N)c3)c2)CC1. The van der Waals surface area contributed by atoms with E-state index in [1.54, 1.807) is 0 Å². The van der Waals surface area contributed by atoms with Gasteiger partial charge in [-0.25, -0.2) is 0 Å². The van der Waals surface area contributed by atoms with Gasteiger partial charge in [0.25, 0.3) is 0 Å². The maximum atomic E-state index is 7.32. The van der Waals surface area contributed by atoms with E-state index in [0.717, 1.165) is 43.1 Å². The number of hydrogen-bond acceptors (Lipinski definition) is 4. The van der Waals surface area contributed by atoms with Crippen molar-refractivity contribution in [3.8, 4) is 5.75 Å². The molecule has 0 bridgehead atoms. The molecular weight excluding hydrogens is 286 g/mol. The van der Waals surface area contributed by atoms with Crippen molar-refractivity contribution >= 4 is 11.9 Å². The summed E-state index contributed by atoms with van der Waals surface area (Å²) in [6.45, 7) is 4.83. The molecule has 0 saturated carbocycles. The summed E-state index contributed by atoms with van der Waals surface area (Å²) >= 11 is 0. The van der Waals surface area contributed by atoms with Crippen LogP contribution in [0.4, 0.5) is 5.69 Å². The van der Waals surface area contributed by atoms with Crippen LogP contribution in [0.3, 0.4) is 0 Å². The average Bonchev–Trinajstić information content (AvgIpc) is 2.61. The van der Waals surface area contributed by atoms with Crippen molar-refractivity contribution in [1.29, 1.82) is 5.41 Å². The Hall–Kier alpha value is -2.33. The summed E-state index contributed by atoms with van der Waals surface area (Å²) in [6, 6.07) is 16.2. The van der Waals surface area contributed by atoms with E-state index in [2.05, 4.69) is 35.0 Å². The zero-order chi connectivity index (χ0) is 16.1. The Morgan fingerprint density at radius 2 is 1.83 bits per heavy atom. The van der Waals surface area contributed by atoms with Crippen LogP contribution in [0.15, 0.2) is 48.5 Å². The lowest BCUT2D eigenvalue weighted by atomic mass is 10.1. The summed E-state index contributed by atoms with van der Waals surface area (Å²) in [4.78, 5) is 4.76. The van der Waals surface area contributed by atoms with E-state index in [9.17, 15) is 0 Å². The first kappa shape index (κ1) is 15.6. The van der Waals surface area contributed by atoms with E-state index in [-0.39, 0.29) is 0 Å². The molecule has 23 heavy (non-hydrogen) atoms. The second-order valence-corrected chi connectivity index (χ2v) is 5.97. The predicted octanol–water partition coefficient (Wildman–Crippen LogP) is 3.02. The fraction of sp³-hybridized carbons (Fsp3) is 0.316. The molecule has 1 aliphatic rings. The highest BCUT2D eigenvalue weighted by atomic mass is 16.5. The number of rotatable bonds is 5. The second-order valence-electron chi connectivity index (χ2n) is 5.97. The van der Waals surface area contributed by atoms with Crippen molar-refractivity contribution < 1.29 is 4.74 Å². The molecule has 0 unspecified atom stereocenters. The summed E-state index contributed by atoms with van der Waals surface area (Å²) in [5, 5.41) is 7.32. The van der Waals surface area contributed by atoms with Crippen LogP contribution in [0.2, 0.25) is 0 Å². The number of piperazine rings is 1. The average molecular weight is 309 g/mol. The highest BCUT2D eigenvalue weighted by Gasteiger charge is 2.14. The number of hydrogen-bond donors (Lipinski definition) is 1. The van der Waals surface area contributed by atoms with Crippen LogP contribution in [0, 0.1) is 5.41 Å². The van der Waals surface area contributed by atoms with Gasteiger partial charge in [-0.1, -0.05) is 24.3 Å². The minimum Gasteiger partial charge on any atom is -0.489 e. The topological polar surface area (TPSA) is 39.6 Å². The molecule has 1 fully saturated rings. The van der Waals surface area contributed by atoms with Gasteiger partial charge in [0.2, 0.25) is 0 Å². The maximum absolute atomic E-state index is 7.32. The first-order valence-corrected chi connectivity index (χ1v) is 8.00. The van der Waals surface area contributed by atoms with Crippen LogP contribution in [0.1, 0.15) is 11.1 Å². The molecule has 0 radical (unpaired) electrons. The number of ether oxygens (including phenoxy) is 1. The van der Waals surface area contributed by atoms with Gasteiger partial charge in [-0.2, -0.15) is 0 Å². The lowest BCUT2D eigenvalue weighted by Crippen LogP contribution is -2.44. The van der Waals surface area contributed by atoms with E-state index in [1.165, 1.54) is 11.9 Å². The Morgan fingerprint density at radius 3 is 2.61 bits per heavy atom. The monoisotopic (exact) mass is 309 g/mol. The molecule has 2 aromatic carbocycles. The van der Waals surface area contributed by atoms with E-state index in [4.69, 9.17) is 10.1 Å². The molecule has 0 atom stereocenters. The first-order chi connectivity index (χ1) is 11.2. The zero-order valence-electron chi connectivity index (χ0n) is 13.5. The summed E-state index contributed by atoms with van der Waals surface area (Å²) in [6.07, 6.45) is 1.36. The smallest absolute Gasteiger partial charge is 0.121 e. The van der Waals surface area contributed by atoms with Crippen LogP contribution in [0.25, 0.3) is 0 Å². The number of anilines is 1. The van der Waals surface area contributed by atoms with Gasteiger partial charge in [-0.05, 0) is 36.4 Å². The van der Waals surface area contributed by atoms with Gasteiger partial charge >= 0.3 is 0 Å². The molecule has 4 heteroatoms. The van der Waals surface area contributed by atoms with Crippen LogP contribution >= 0.6 is 0 Å². The Labute approximate surface area is 137 Å². The lowest BCUT2D eigenvalue weighted by Gasteiger charge is -2.34. The molecule has 2 aromatic rings. The Bertz CT molecular complexity index is 663. The van der Waals surface area contributed by atoms with Crippen molar-refractivity contribution in [2.75, 3.05) is 38.1 Å². The quantitative estimate of drug-likeness (QED) is 0.863. The molecule has 1 heterocycles. The Balaban J connectivity index is 1.64. The molecule has 1 N–H and O–H groups in total. The van der Waals surface area contributed by atoms with Crippen LogP contribution in [-0.4, -0.2) is 44.3 Å². The van der Waals surface area contributed by atoms with Gasteiger partial charge in [-0.3, -0.25) is 0 Å². The van der Waals surface area contributed by atoms with Crippen LogP contribution < -0.4 is 9.64 Å². The fourth-order valence-electron chi connectivity index (χ4n) is 2.77. The molecule has 0 aromatic heterocycles. The molecule has 1 saturated heterocycles. The van der Waals surface area contributed by atoms with E-state index in [0.29, 0.717) is 6.61 Å². The standard InChI is InChI=1S/C19H23N3O/c1-21-8-10-22(11-9-21)18-6-3-7-19(13-18)23-15-17-5-2-4-16(12-17)14-20/h2-7,12-14,20H,8-11,15H2,1H3. The van der Waals surface area contributed by atoms with Crippen LogP contribution in [0.5, 0.6) is 5.75 Å². The largest absolute Gasteiger partial charge is 0.489 e. The van der Waals surface area contributed by atoms with E-state index < -0.39 is 0 Å². The Kier molecular flexibility index (Phi) is 4.93. The van der Waals surface area contributed by atoms with Gasteiger partial charge in [0.1, 0.15) is 12.4 Å². The summed E-state index contributed by atoms with van der Waals surface area (Å²) < 4.78 is 5.93. The minimum absolute atomic E-state index is 0.522. The Morgan fingerprint density at radius 1 is 1.04 bits per heavy atom. The summed E-state index contributed by atoms with van der Waals surface area (Å²) in [5.41, 5.74) is 3.21. The molecule has 0 aliphatic carbocycles. The third kappa shape index (κ3) is 4.11. The molecule has 4 nitrogen and oxygen atoms in total. The molecule has 3 rings (SSSR count). The third-order valence-electron chi connectivity index (χ3n) is 4.21. The van der Waals surface area contributed by atoms with Gasteiger partial charge in [0, 0.05) is 44.1 Å². The predicted molar refractivity (Wildman–Crippen MR) is 94.8 cm³/mol. The maximum Gasteiger partial charge on any atom is 0.121 e. The molecule has 0 spiro atoms. The van der Waals surface area contributed by atoms with Crippen molar-refractivity contribution in [1.82, 2.24) is 4.90 Å². The van der Waals surface area contributed by atoms with Gasteiger partial charge in [0.05, 0.1) is 0 Å². The normalized spacial score (nSPS) is 15.4.